The highest BCUT2D eigenvalue weighted by Gasteiger charge is 2.23. The van der Waals surface area contributed by atoms with Crippen molar-refractivity contribution in [1.82, 2.24) is 10.3 Å². The maximum atomic E-state index is 13.0. The number of benzene rings is 2. The van der Waals surface area contributed by atoms with E-state index in [1.54, 1.807) is 6.07 Å². The zero-order chi connectivity index (χ0) is 20.8. The zero-order valence-electron chi connectivity index (χ0n) is 15.9. The molecule has 1 atom stereocenters. The van der Waals surface area contributed by atoms with E-state index in [1.165, 1.54) is 22.7 Å². The number of carbonyl (C=O) groups excluding carboxylic acids is 2. The van der Waals surface area contributed by atoms with Crippen LogP contribution in [0.15, 0.2) is 83.6 Å². The fraction of sp³-hybridized carbons (Fsp3) is 0.0870. The van der Waals surface area contributed by atoms with Gasteiger partial charge < -0.3 is 10.6 Å². The number of hydrogen-bond donors (Lipinski definition) is 2. The molecular weight excluding hydrogens is 414 g/mol. The number of thiazole rings is 1. The lowest BCUT2D eigenvalue weighted by molar-refractivity contribution is -0.118. The van der Waals surface area contributed by atoms with Crippen molar-refractivity contribution >= 4 is 39.6 Å². The summed E-state index contributed by atoms with van der Waals surface area (Å²) in [6, 6.07) is 22.3. The van der Waals surface area contributed by atoms with Gasteiger partial charge in [-0.3, -0.25) is 9.59 Å². The largest absolute Gasteiger partial charge is 0.339 e. The molecular formula is C23H19N3O2S2. The van der Waals surface area contributed by atoms with Crippen molar-refractivity contribution in [3.05, 3.63) is 94.0 Å². The average Bonchev–Trinajstić information content (AvgIpc) is 3.47. The molecule has 2 aromatic carbocycles. The molecule has 0 radical (unpaired) electrons. The molecule has 0 bridgehead atoms. The number of hydrogen-bond acceptors (Lipinski definition) is 5. The maximum absolute atomic E-state index is 13.0. The zero-order valence-corrected chi connectivity index (χ0v) is 17.6. The summed E-state index contributed by atoms with van der Waals surface area (Å²) in [7, 11) is 0. The van der Waals surface area contributed by atoms with Crippen LogP contribution in [0, 0.1) is 0 Å². The monoisotopic (exact) mass is 433 g/mol. The summed E-state index contributed by atoms with van der Waals surface area (Å²) in [5.41, 5.74) is 2.76. The number of thiophene rings is 1. The van der Waals surface area contributed by atoms with E-state index in [0.29, 0.717) is 16.4 Å². The molecule has 30 heavy (non-hydrogen) atoms. The lowest BCUT2D eigenvalue weighted by atomic mass is 10.1. The van der Waals surface area contributed by atoms with Gasteiger partial charge in [-0.05, 0) is 17.0 Å². The molecule has 7 heteroatoms. The van der Waals surface area contributed by atoms with E-state index in [0.717, 1.165) is 16.8 Å². The van der Waals surface area contributed by atoms with Gasteiger partial charge in [0.2, 0.25) is 5.91 Å². The lowest BCUT2D eigenvalue weighted by Gasteiger charge is -2.17. The number of amides is 2. The van der Waals surface area contributed by atoms with Crippen LogP contribution in [0.25, 0.3) is 11.3 Å². The number of rotatable bonds is 7. The third-order valence-electron chi connectivity index (χ3n) is 4.45. The summed E-state index contributed by atoms with van der Waals surface area (Å²) in [5.74, 6) is -0.553. The van der Waals surface area contributed by atoms with Crippen LogP contribution < -0.4 is 10.6 Å². The third kappa shape index (κ3) is 5.00. The van der Waals surface area contributed by atoms with Crippen LogP contribution in [0.1, 0.15) is 15.2 Å². The number of carbonyl (C=O) groups is 2. The standard InChI is InChI=1S/C23H19N3O2S2/c27-21(26-23-25-19(15-30-23)17-10-5-2-6-11-17)18(14-16-8-3-1-4-9-16)24-22(28)20-12-7-13-29-20/h1-13,15,18H,14H2,(H,24,28)(H,25,26,27). The van der Waals surface area contributed by atoms with Gasteiger partial charge in [0, 0.05) is 17.4 Å². The van der Waals surface area contributed by atoms with Crippen LogP contribution in [-0.2, 0) is 11.2 Å². The Balaban J connectivity index is 1.50. The van der Waals surface area contributed by atoms with Gasteiger partial charge in [0.15, 0.2) is 5.13 Å². The van der Waals surface area contributed by atoms with Gasteiger partial charge in [-0.15, -0.1) is 22.7 Å². The molecule has 4 aromatic rings. The number of nitrogens with zero attached hydrogens (tertiary/aromatic N) is 1. The molecule has 2 N–H and O–H groups in total. The molecule has 150 valence electrons. The van der Waals surface area contributed by atoms with Crippen LogP contribution in [-0.4, -0.2) is 22.8 Å². The van der Waals surface area contributed by atoms with E-state index in [-0.39, 0.29) is 11.8 Å². The molecule has 2 heterocycles. The SMILES string of the molecule is O=C(NC(Cc1ccccc1)C(=O)Nc1nc(-c2ccccc2)cs1)c1cccs1. The minimum Gasteiger partial charge on any atom is -0.339 e. The molecule has 0 saturated carbocycles. The van der Waals surface area contributed by atoms with E-state index >= 15 is 0 Å². The van der Waals surface area contributed by atoms with Crippen molar-refractivity contribution in [2.75, 3.05) is 5.32 Å². The van der Waals surface area contributed by atoms with Gasteiger partial charge in [-0.1, -0.05) is 66.7 Å². The van der Waals surface area contributed by atoms with E-state index < -0.39 is 6.04 Å². The Bertz CT molecular complexity index is 1110. The molecule has 0 fully saturated rings. The molecule has 2 amide bonds. The molecule has 0 spiro atoms. The first-order valence-corrected chi connectivity index (χ1v) is 11.1. The van der Waals surface area contributed by atoms with E-state index in [4.69, 9.17) is 0 Å². The second-order valence-electron chi connectivity index (χ2n) is 6.59. The predicted molar refractivity (Wildman–Crippen MR) is 122 cm³/mol. The fourth-order valence-corrected chi connectivity index (χ4v) is 4.31. The minimum atomic E-state index is -0.717. The van der Waals surface area contributed by atoms with Crippen molar-refractivity contribution in [1.29, 1.82) is 0 Å². The summed E-state index contributed by atoms with van der Waals surface area (Å²) < 4.78 is 0. The molecule has 5 nitrogen and oxygen atoms in total. The molecule has 4 rings (SSSR count). The normalized spacial score (nSPS) is 11.6. The van der Waals surface area contributed by atoms with E-state index in [1.807, 2.05) is 77.5 Å². The highest BCUT2D eigenvalue weighted by Crippen LogP contribution is 2.24. The Morgan fingerprint density at radius 2 is 1.63 bits per heavy atom. The van der Waals surface area contributed by atoms with Crippen molar-refractivity contribution in [3.63, 3.8) is 0 Å². The Labute approximate surface area is 182 Å². The van der Waals surface area contributed by atoms with Crippen molar-refractivity contribution in [2.45, 2.75) is 12.5 Å². The minimum absolute atomic E-state index is 0.259. The maximum Gasteiger partial charge on any atom is 0.262 e. The van der Waals surface area contributed by atoms with Crippen molar-refractivity contribution < 1.29 is 9.59 Å². The van der Waals surface area contributed by atoms with Crippen LogP contribution in [0.3, 0.4) is 0 Å². The van der Waals surface area contributed by atoms with Crippen molar-refractivity contribution in [3.8, 4) is 11.3 Å². The Hall–Kier alpha value is -3.29. The quantitative estimate of drug-likeness (QED) is 0.438. The van der Waals surface area contributed by atoms with Crippen LogP contribution >= 0.6 is 22.7 Å². The molecule has 0 aliphatic heterocycles. The molecule has 2 aromatic heterocycles. The summed E-state index contributed by atoms with van der Waals surface area (Å²) in [6.45, 7) is 0. The van der Waals surface area contributed by atoms with Gasteiger partial charge in [0.25, 0.3) is 5.91 Å². The summed E-state index contributed by atoms with van der Waals surface area (Å²) in [4.78, 5) is 30.7. The van der Waals surface area contributed by atoms with Crippen LogP contribution in [0.4, 0.5) is 5.13 Å². The van der Waals surface area contributed by atoms with Gasteiger partial charge in [-0.25, -0.2) is 4.98 Å². The Morgan fingerprint density at radius 1 is 0.900 bits per heavy atom. The Kier molecular flexibility index (Phi) is 6.32. The second kappa shape index (κ2) is 9.47. The smallest absolute Gasteiger partial charge is 0.262 e. The summed E-state index contributed by atoms with van der Waals surface area (Å²) >= 11 is 2.70. The van der Waals surface area contributed by atoms with Crippen LogP contribution in [0.2, 0.25) is 0 Å². The molecule has 0 aliphatic carbocycles. The topological polar surface area (TPSA) is 71.1 Å². The highest BCUT2D eigenvalue weighted by molar-refractivity contribution is 7.14. The van der Waals surface area contributed by atoms with Crippen LogP contribution in [0.5, 0.6) is 0 Å². The van der Waals surface area contributed by atoms with Gasteiger partial charge in [0.05, 0.1) is 10.6 Å². The van der Waals surface area contributed by atoms with Gasteiger partial charge in [0.1, 0.15) is 6.04 Å². The molecule has 0 saturated heterocycles. The molecule has 0 aliphatic rings. The summed E-state index contributed by atoms with van der Waals surface area (Å²) in [6.07, 6.45) is 0.390. The van der Waals surface area contributed by atoms with E-state index in [9.17, 15) is 9.59 Å². The van der Waals surface area contributed by atoms with E-state index in [2.05, 4.69) is 15.6 Å². The first-order valence-electron chi connectivity index (χ1n) is 9.39. The highest BCUT2D eigenvalue weighted by atomic mass is 32.1. The van der Waals surface area contributed by atoms with Gasteiger partial charge >= 0.3 is 0 Å². The summed E-state index contributed by atoms with van der Waals surface area (Å²) in [5, 5.41) is 9.96. The Morgan fingerprint density at radius 3 is 2.33 bits per heavy atom. The second-order valence-corrected chi connectivity index (χ2v) is 8.39. The number of aromatic nitrogens is 1. The predicted octanol–water partition coefficient (Wildman–Crippen LogP) is 4.85. The molecule has 1 unspecified atom stereocenters. The van der Waals surface area contributed by atoms with Crippen molar-refractivity contribution in [2.24, 2.45) is 0 Å². The number of nitrogens with one attached hydrogen (secondary N) is 2. The number of anilines is 1. The first-order chi connectivity index (χ1) is 14.7. The average molecular weight is 434 g/mol. The fourth-order valence-electron chi connectivity index (χ4n) is 2.96. The first kappa shape index (κ1) is 20.0. The third-order valence-corrected chi connectivity index (χ3v) is 6.08. The lowest BCUT2D eigenvalue weighted by Crippen LogP contribution is -2.45. The van der Waals surface area contributed by atoms with Gasteiger partial charge in [-0.2, -0.15) is 0 Å².